The third-order valence-electron chi connectivity index (χ3n) is 2.98. The van der Waals surface area contributed by atoms with Gasteiger partial charge in [0.25, 0.3) is 0 Å². The molecule has 0 saturated carbocycles. The van der Waals surface area contributed by atoms with Crippen LogP contribution in [0.25, 0.3) is 0 Å². The van der Waals surface area contributed by atoms with Crippen molar-refractivity contribution >= 4 is 15.7 Å². The predicted octanol–water partition coefficient (Wildman–Crippen LogP) is -0.0917. The molecule has 1 fully saturated rings. The van der Waals surface area contributed by atoms with Gasteiger partial charge in [-0.25, -0.2) is 18.6 Å². The van der Waals surface area contributed by atoms with Gasteiger partial charge in [-0.1, -0.05) is 12.1 Å². The fourth-order valence-electron chi connectivity index (χ4n) is 1.90. The average Bonchev–Trinajstić information content (AvgIpc) is 2.31. The summed E-state index contributed by atoms with van der Waals surface area (Å²) in [6, 6.07) is 6.67. The van der Waals surface area contributed by atoms with E-state index < -0.39 is 10.0 Å². The minimum Gasteiger partial charge on any atom is -0.317 e. The number of nitrogens with one attached hydrogen (secondary N) is 1. The third-order valence-corrected chi connectivity index (χ3v) is 3.94. The molecule has 0 unspecified atom stereocenters. The van der Waals surface area contributed by atoms with Crippen molar-refractivity contribution in [1.29, 1.82) is 0 Å². The number of piperazine rings is 1. The maximum Gasteiger partial charge on any atom is 0.240 e. The number of rotatable bonds is 3. The van der Waals surface area contributed by atoms with Gasteiger partial charge in [0.2, 0.25) is 10.0 Å². The van der Waals surface area contributed by atoms with Crippen LogP contribution in [0.5, 0.6) is 0 Å². The number of nitrogens with two attached hydrogens (primary N) is 1. The largest absolute Gasteiger partial charge is 0.317 e. The van der Waals surface area contributed by atoms with Crippen LogP contribution in [0, 0.1) is 0 Å². The Bertz CT molecular complexity index is 510. The first-order valence-corrected chi connectivity index (χ1v) is 7.33. The number of hydrogen-bond acceptors (Lipinski definition) is 5. The van der Waals surface area contributed by atoms with Crippen molar-refractivity contribution in [2.45, 2.75) is 4.90 Å². The summed E-state index contributed by atoms with van der Waals surface area (Å²) in [5.74, 6) is 0. The first kappa shape index (κ1) is 13.3. The smallest absolute Gasteiger partial charge is 0.240 e. The fraction of sp³-hybridized carbons (Fsp3) is 0.455. The predicted molar refractivity (Wildman–Crippen MR) is 70.5 cm³/mol. The van der Waals surface area contributed by atoms with Crippen LogP contribution in [0.15, 0.2) is 29.2 Å². The van der Waals surface area contributed by atoms with Crippen LogP contribution >= 0.6 is 0 Å². The lowest BCUT2D eigenvalue weighted by atomic mass is 10.3. The highest BCUT2D eigenvalue weighted by molar-refractivity contribution is 7.89. The molecule has 7 heteroatoms. The zero-order valence-corrected chi connectivity index (χ0v) is 11.2. The minimum absolute atomic E-state index is 0.129. The van der Waals surface area contributed by atoms with Crippen molar-refractivity contribution in [3.8, 4) is 0 Å². The Hall–Kier alpha value is -1.15. The highest BCUT2D eigenvalue weighted by atomic mass is 32.2. The molecule has 1 aromatic carbocycles. The number of para-hydroxylation sites is 1. The lowest BCUT2D eigenvalue weighted by Crippen LogP contribution is -2.47. The summed E-state index contributed by atoms with van der Waals surface area (Å²) < 4.78 is 22.9. The van der Waals surface area contributed by atoms with Crippen LogP contribution in [-0.4, -0.2) is 51.6 Å². The molecular formula is C11H18N4O2S. The number of primary sulfonamides is 1. The highest BCUT2D eigenvalue weighted by Gasteiger charge is 2.17. The minimum atomic E-state index is -3.69. The maximum absolute atomic E-state index is 11.5. The summed E-state index contributed by atoms with van der Waals surface area (Å²) >= 11 is 0. The fourth-order valence-corrected chi connectivity index (χ4v) is 2.58. The van der Waals surface area contributed by atoms with E-state index in [9.17, 15) is 8.42 Å². The van der Waals surface area contributed by atoms with Crippen molar-refractivity contribution in [1.82, 2.24) is 9.91 Å². The first-order chi connectivity index (χ1) is 8.47. The molecule has 0 atom stereocenters. The van der Waals surface area contributed by atoms with E-state index in [1.54, 1.807) is 18.2 Å². The molecule has 1 aliphatic rings. The van der Waals surface area contributed by atoms with E-state index in [1.807, 2.05) is 5.01 Å². The Morgan fingerprint density at radius 1 is 1.17 bits per heavy atom. The van der Waals surface area contributed by atoms with Gasteiger partial charge in [-0.2, -0.15) is 0 Å². The van der Waals surface area contributed by atoms with Crippen molar-refractivity contribution in [2.24, 2.45) is 5.14 Å². The second kappa shape index (κ2) is 5.23. The van der Waals surface area contributed by atoms with E-state index in [0.29, 0.717) is 5.69 Å². The Labute approximate surface area is 107 Å². The van der Waals surface area contributed by atoms with Gasteiger partial charge in [0, 0.05) is 26.2 Å². The Balaban J connectivity index is 2.15. The van der Waals surface area contributed by atoms with Crippen LogP contribution in [0.1, 0.15) is 0 Å². The van der Waals surface area contributed by atoms with Crippen LogP contribution in [0.2, 0.25) is 0 Å². The molecule has 1 saturated heterocycles. The number of sulfonamides is 1. The lowest BCUT2D eigenvalue weighted by molar-refractivity contribution is 0.178. The molecule has 1 heterocycles. The molecule has 2 rings (SSSR count). The normalized spacial score (nSPS) is 18.8. The van der Waals surface area contributed by atoms with Crippen molar-refractivity contribution in [3.05, 3.63) is 24.3 Å². The van der Waals surface area contributed by atoms with Crippen LogP contribution in [0.3, 0.4) is 0 Å². The Kier molecular flexibility index (Phi) is 3.86. The van der Waals surface area contributed by atoms with E-state index in [1.165, 1.54) is 6.07 Å². The molecule has 1 aromatic rings. The summed E-state index contributed by atoms with van der Waals surface area (Å²) in [6.45, 7) is 3.58. The number of likely N-dealkylation sites (N-methyl/N-ethyl adjacent to an activating group) is 1. The van der Waals surface area contributed by atoms with Crippen LogP contribution in [0.4, 0.5) is 5.69 Å². The molecule has 18 heavy (non-hydrogen) atoms. The average molecular weight is 270 g/mol. The molecule has 0 spiro atoms. The second-order valence-corrected chi connectivity index (χ2v) is 5.97. The lowest BCUT2D eigenvalue weighted by Gasteiger charge is -2.33. The molecular weight excluding hydrogens is 252 g/mol. The number of hydrazine groups is 1. The zero-order chi connectivity index (χ0) is 13.2. The molecule has 0 bridgehead atoms. The number of nitrogens with zero attached hydrogens (tertiary/aromatic N) is 2. The van der Waals surface area contributed by atoms with Gasteiger partial charge in [-0.05, 0) is 19.2 Å². The SMILES string of the molecule is CN1CCN(Nc2ccccc2S(N)(=O)=O)CC1. The second-order valence-electron chi connectivity index (χ2n) is 4.44. The van der Waals surface area contributed by atoms with Gasteiger partial charge in [-0.3, -0.25) is 0 Å². The number of hydrogen-bond donors (Lipinski definition) is 2. The quantitative estimate of drug-likeness (QED) is 0.802. The Morgan fingerprint density at radius 3 is 2.39 bits per heavy atom. The van der Waals surface area contributed by atoms with E-state index in [2.05, 4.69) is 17.4 Å². The van der Waals surface area contributed by atoms with Gasteiger partial charge in [0.1, 0.15) is 4.90 Å². The monoisotopic (exact) mass is 270 g/mol. The molecule has 0 amide bonds. The molecule has 6 nitrogen and oxygen atoms in total. The molecule has 3 N–H and O–H groups in total. The molecule has 0 aliphatic carbocycles. The molecule has 1 aliphatic heterocycles. The zero-order valence-electron chi connectivity index (χ0n) is 10.3. The van der Waals surface area contributed by atoms with Gasteiger partial charge < -0.3 is 10.3 Å². The van der Waals surface area contributed by atoms with E-state index >= 15 is 0 Å². The van der Waals surface area contributed by atoms with Crippen molar-refractivity contribution in [3.63, 3.8) is 0 Å². The third kappa shape index (κ3) is 3.20. The van der Waals surface area contributed by atoms with Gasteiger partial charge >= 0.3 is 0 Å². The first-order valence-electron chi connectivity index (χ1n) is 5.79. The topological polar surface area (TPSA) is 78.7 Å². The van der Waals surface area contributed by atoms with Crippen molar-refractivity contribution < 1.29 is 8.42 Å². The molecule has 100 valence electrons. The summed E-state index contributed by atoms with van der Waals surface area (Å²) in [5.41, 5.74) is 3.66. The number of anilines is 1. The standard InChI is InChI=1S/C11H18N4O2S/c1-14-6-8-15(9-7-14)13-10-4-2-3-5-11(10)18(12,16)17/h2-5,13H,6-9H2,1H3,(H2,12,16,17). The molecule has 0 aromatic heterocycles. The number of benzene rings is 1. The van der Waals surface area contributed by atoms with Crippen LogP contribution < -0.4 is 10.6 Å². The van der Waals surface area contributed by atoms with E-state index in [0.717, 1.165) is 26.2 Å². The van der Waals surface area contributed by atoms with Crippen LogP contribution in [-0.2, 0) is 10.0 Å². The van der Waals surface area contributed by atoms with E-state index in [-0.39, 0.29) is 4.90 Å². The summed E-state index contributed by atoms with van der Waals surface area (Å²) in [6.07, 6.45) is 0. The summed E-state index contributed by atoms with van der Waals surface area (Å²) in [5, 5.41) is 7.19. The van der Waals surface area contributed by atoms with Crippen molar-refractivity contribution in [2.75, 3.05) is 38.7 Å². The maximum atomic E-state index is 11.5. The summed E-state index contributed by atoms with van der Waals surface area (Å²) in [4.78, 5) is 2.35. The van der Waals surface area contributed by atoms with E-state index in [4.69, 9.17) is 5.14 Å². The van der Waals surface area contributed by atoms with Gasteiger partial charge in [0.05, 0.1) is 5.69 Å². The Morgan fingerprint density at radius 2 is 1.78 bits per heavy atom. The summed E-state index contributed by atoms with van der Waals surface area (Å²) in [7, 11) is -1.63. The van der Waals surface area contributed by atoms with Gasteiger partial charge in [0.15, 0.2) is 0 Å². The van der Waals surface area contributed by atoms with Gasteiger partial charge in [-0.15, -0.1) is 0 Å². The highest BCUT2D eigenvalue weighted by Crippen LogP contribution is 2.20. The molecule has 0 radical (unpaired) electrons.